The molecule has 1 spiro atoms. The Balaban J connectivity index is 1.77. The van der Waals surface area contributed by atoms with Crippen LogP contribution in [-0.4, -0.2) is 23.8 Å². The van der Waals surface area contributed by atoms with Crippen molar-refractivity contribution in [2.24, 2.45) is 0 Å². The van der Waals surface area contributed by atoms with Gasteiger partial charge in [0.2, 0.25) is 0 Å². The predicted octanol–water partition coefficient (Wildman–Crippen LogP) is 1.79. The third-order valence-electron chi connectivity index (χ3n) is 3.65. The molecule has 14 heavy (non-hydrogen) atoms. The highest BCUT2D eigenvalue weighted by molar-refractivity contribution is 5.86. The van der Waals surface area contributed by atoms with E-state index in [0.717, 1.165) is 19.3 Å². The normalized spacial score (nSPS) is 40.4. The fraction of sp³-hybridized carbons (Fsp3) is 0.909. The van der Waals surface area contributed by atoms with E-state index in [0.29, 0.717) is 6.42 Å². The molecule has 2 atom stereocenters. The lowest BCUT2D eigenvalue weighted by molar-refractivity contribution is -0.198. The van der Waals surface area contributed by atoms with Crippen molar-refractivity contribution in [3.05, 3.63) is 0 Å². The van der Waals surface area contributed by atoms with Gasteiger partial charge in [-0.25, -0.2) is 0 Å². The van der Waals surface area contributed by atoms with Crippen LogP contribution in [0.3, 0.4) is 0 Å². The standard InChI is InChI=1S/C11H16O3/c12-8-4-5-9-10(8)14-11(13-9)6-2-1-3-7-11/h9-10H,1-7H2/t9-,10+/m1/s1. The number of rotatable bonds is 0. The van der Waals surface area contributed by atoms with Crippen LogP contribution in [0.1, 0.15) is 44.9 Å². The van der Waals surface area contributed by atoms with Gasteiger partial charge in [-0.05, 0) is 19.3 Å². The number of ketones is 1. The minimum atomic E-state index is -0.371. The highest BCUT2D eigenvalue weighted by Gasteiger charge is 2.52. The van der Waals surface area contributed by atoms with Crippen LogP contribution in [0.4, 0.5) is 0 Å². The van der Waals surface area contributed by atoms with Gasteiger partial charge in [0.25, 0.3) is 0 Å². The van der Waals surface area contributed by atoms with Crippen LogP contribution in [-0.2, 0) is 14.3 Å². The fourth-order valence-corrected chi connectivity index (χ4v) is 2.91. The maximum absolute atomic E-state index is 11.5. The zero-order chi connectivity index (χ0) is 9.60. The zero-order valence-corrected chi connectivity index (χ0v) is 8.33. The quantitative estimate of drug-likeness (QED) is 0.592. The first-order chi connectivity index (χ1) is 6.79. The van der Waals surface area contributed by atoms with E-state index in [-0.39, 0.29) is 23.8 Å². The van der Waals surface area contributed by atoms with E-state index in [2.05, 4.69) is 0 Å². The summed E-state index contributed by atoms with van der Waals surface area (Å²) in [6, 6.07) is 0. The third-order valence-corrected chi connectivity index (χ3v) is 3.65. The van der Waals surface area contributed by atoms with Crippen molar-refractivity contribution in [3.63, 3.8) is 0 Å². The lowest BCUT2D eigenvalue weighted by Gasteiger charge is -2.32. The van der Waals surface area contributed by atoms with Crippen molar-refractivity contribution in [2.45, 2.75) is 62.9 Å². The van der Waals surface area contributed by atoms with E-state index in [9.17, 15) is 4.79 Å². The van der Waals surface area contributed by atoms with E-state index >= 15 is 0 Å². The molecule has 3 aliphatic rings. The molecule has 3 rings (SSSR count). The Kier molecular flexibility index (Phi) is 1.92. The highest BCUT2D eigenvalue weighted by Crippen LogP contribution is 2.44. The molecule has 2 aliphatic carbocycles. The SMILES string of the molecule is O=C1CC[C@H]2OC3(CCCCC3)O[C@@H]12. The minimum absolute atomic E-state index is 0.0700. The van der Waals surface area contributed by atoms with Crippen LogP contribution in [0.2, 0.25) is 0 Å². The van der Waals surface area contributed by atoms with Gasteiger partial charge in [-0.2, -0.15) is 0 Å². The summed E-state index contributed by atoms with van der Waals surface area (Å²) in [5.41, 5.74) is 0. The molecule has 1 heterocycles. The molecule has 0 radical (unpaired) electrons. The van der Waals surface area contributed by atoms with Gasteiger partial charge in [0, 0.05) is 19.3 Å². The molecule has 0 bridgehead atoms. The second-order valence-electron chi connectivity index (χ2n) is 4.67. The molecule has 0 N–H and O–H groups in total. The second-order valence-corrected chi connectivity index (χ2v) is 4.67. The number of carbonyl (C=O) groups is 1. The van der Waals surface area contributed by atoms with E-state index in [1.54, 1.807) is 0 Å². The Morgan fingerprint density at radius 3 is 2.64 bits per heavy atom. The maximum Gasteiger partial charge on any atom is 0.169 e. The number of hydrogen-bond donors (Lipinski definition) is 0. The van der Waals surface area contributed by atoms with Gasteiger partial charge in [0.05, 0.1) is 6.10 Å². The van der Waals surface area contributed by atoms with Crippen LogP contribution >= 0.6 is 0 Å². The van der Waals surface area contributed by atoms with Gasteiger partial charge in [-0.1, -0.05) is 6.42 Å². The Bertz CT molecular complexity index is 255. The van der Waals surface area contributed by atoms with Gasteiger partial charge in [0.1, 0.15) is 6.10 Å². The first-order valence-corrected chi connectivity index (χ1v) is 5.67. The first kappa shape index (κ1) is 8.86. The molecule has 0 amide bonds. The van der Waals surface area contributed by atoms with Gasteiger partial charge in [-0.3, -0.25) is 4.79 Å². The Morgan fingerprint density at radius 1 is 1.14 bits per heavy atom. The van der Waals surface area contributed by atoms with Crippen molar-refractivity contribution in [2.75, 3.05) is 0 Å². The Morgan fingerprint density at radius 2 is 1.93 bits per heavy atom. The maximum atomic E-state index is 11.5. The summed E-state index contributed by atoms with van der Waals surface area (Å²) >= 11 is 0. The Hall–Kier alpha value is -0.410. The highest BCUT2D eigenvalue weighted by atomic mass is 16.8. The molecule has 2 saturated carbocycles. The fourth-order valence-electron chi connectivity index (χ4n) is 2.91. The van der Waals surface area contributed by atoms with E-state index in [1.807, 2.05) is 0 Å². The molecule has 0 unspecified atom stereocenters. The predicted molar refractivity (Wildman–Crippen MR) is 49.8 cm³/mol. The van der Waals surface area contributed by atoms with Crippen molar-refractivity contribution in [3.8, 4) is 0 Å². The monoisotopic (exact) mass is 196 g/mol. The Labute approximate surface area is 83.8 Å². The number of fused-ring (bicyclic) bond motifs is 1. The second kappa shape index (κ2) is 3.04. The van der Waals surface area contributed by atoms with Gasteiger partial charge < -0.3 is 9.47 Å². The summed E-state index contributed by atoms with van der Waals surface area (Å²) in [4.78, 5) is 11.5. The number of Topliss-reactive ketones (excluding diaryl/α,β-unsaturated/α-hetero) is 1. The number of hydrogen-bond acceptors (Lipinski definition) is 3. The largest absolute Gasteiger partial charge is 0.343 e. The van der Waals surface area contributed by atoms with Crippen LogP contribution < -0.4 is 0 Å². The smallest absolute Gasteiger partial charge is 0.169 e. The minimum Gasteiger partial charge on any atom is -0.343 e. The average molecular weight is 196 g/mol. The third kappa shape index (κ3) is 1.22. The average Bonchev–Trinajstić information content (AvgIpc) is 2.68. The van der Waals surface area contributed by atoms with Crippen LogP contribution in [0.15, 0.2) is 0 Å². The van der Waals surface area contributed by atoms with Crippen molar-refractivity contribution in [1.29, 1.82) is 0 Å². The van der Waals surface area contributed by atoms with Crippen molar-refractivity contribution in [1.82, 2.24) is 0 Å². The summed E-state index contributed by atoms with van der Waals surface area (Å²) in [5, 5.41) is 0. The first-order valence-electron chi connectivity index (χ1n) is 5.67. The zero-order valence-electron chi connectivity index (χ0n) is 8.33. The number of carbonyl (C=O) groups excluding carboxylic acids is 1. The molecule has 1 saturated heterocycles. The summed E-state index contributed by atoms with van der Waals surface area (Å²) in [7, 11) is 0. The van der Waals surface area contributed by atoms with Gasteiger partial charge >= 0.3 is 0 Å². The van der Waals surface area contributed by atoms with E-state index in [4.69, 9.17) is 9.47 Å². The van der Waals surface area contributed by atoms with Gasteiger partial charge in [-0.15, -0.1) is 0 Å². The molecule has 3 fully saturated rings. The topological polar surface area (TPSA) is 35.5 Å². The molecular formula is C11H16O3. The number of ether oxygens (including phenoxy) is 2. The molecular weight excluding hydrogens is 180 g/mol. The summed E-state index contributed by atoms with van der Waals surface area (Å²) in [6.07, 6.45) is 6.93. The summed E-state index contributed by atoms with van der Waals surface area (Å²) in [5.74, 6) is -0.124. The van der Waals surface area contributed by atoms with Crippen LogP contribution in [0.5, 0.6) is 0 Å². The van der Waals surface area contributed by atoms with Crippen LogP contribution in [0, 0.1) is 0 Å². The van der Waals surface area contributed by atoms with Crippen molar-refractivity contribution >= 4 is 5.78 Å². The summed E-state index contributed by atoms with van der Waals surface area (Å²) in [6.45, 7) is 0. The van der Waals surface area contributed by atoms with E-state index < -0.39 is 0 Å². The van der Waals surface area contributed by atoms with E-state index in [1.165, 1.54) is 19.3 Å². The lowest BCUT2D eigenvalue weighted by Crippen LogP contribution is -2.34. The van der Waals surface area contributed by atoms with Crippen molar-refractivity contribution < 1.29 is 14.3 Å². The lowest BCUT2D eigenvalue weighted by atomic mass is 9.94. The molecule has 1 aliphatic heterocycles. The molecule has 0 aromatic carbocycles. The summed E-state index contributed by atoms with van der Waals surface area (Å²) < 4.78 is 11.8. The molecule has 0 aromatic heterocycles. The molecule has 78 valence electrons. The molecule has 0 aromatic rings. The van der Waals surface area contributed by atoms with Crippen LogP contribution in [0.25, 0.3) is 0 Å². The molecule has 3 nitrogen and oxygen atoms in total. The van der Waals surface area contributed by atoms with Gasteiger partial charge in [0.15, 0.2) is 11.6 Å². The molecule has 3 heteroatoms.